The summed E-state index contributed by atoms with van der Waals surface area (Å²) in [5.41, 5.74) is 0. The Hall–Kier alpha value is -1.17. The van der Waals surface area contributed by atoms with Gasteiger partial charge in [0.05, 0.1) is 0 Å². The average Bonchev–Trinajstić information content (AvgIpc) is 2.42. The van der Waals surface area contributed by atoms with Gasteiger partial charge >= 0.3 is 0 Å². The maximum atomic E-state index is 12.7. The minimum atomic E-state index is -0.653. The van der Waals surface area contributed by atoms with E-state index in [9.17, 15) is 9.50 Å². The van der Waals surface area contributed by atoms with Crippen LogP contribution >= 0.6 is 0 Å². The van der Waals surface area contributed by atoms with E-state index in [0.29, 0.717) is 24.6 Å². The molecule has 114 valence electrons. The van der Waals surface area contributed by atoms with Crippen LogP contribution in [-0.2, 0) is 0 Å². The van der Waals surface area contributed by atoms with Crippen LogP contribution in [0.3, 0.4) is 0 Å². The molecule has 0 saturated carbocycles. The van der Waals surface area contributed by atoms with Crippen molar-refractivity contribution >= 4 is 0 Å². The molecule has 0 aromatic heterocycles. The lowest BCUT2D eigenvalue weighted by Gasteiger charge is -2.23. The molecule has 20 heavy (non-hydrogen) atoms. The molecule has 0 fully saturated rings. The van der Waals surface area contributed by atoms with Gasteiger partial charge in [0.15, 0.2) is 0 Å². The number of benzene rings is 1. The fourth-order valence-corrected chi connectivity index (χ4v) is 1.88. The van der Waals surface area contributed by atoms with Gasteiger partial charge in [0.1, 0.15) is 24.3 Å². The quantitative estimate of drug-likeness (QED) is 0.644. The van der Waals surface area contributed by atoms with Crippen LogP contribution in [0.15, 0.2) is 24.3 Å². The molecule has 0 aliphatic heterocycles. The highest BCUT2D eigenvalue weighted by Crippen LogP contribution is 2.11. The third-order valence-corrected chi connectivity index (χ3v) is 3.12. The summed E-state index contributed by atoms with van der Waals surface area (Å²) in [6, 6.07) is 5.85. The van der Waals surface area contributed by atoms with Gasteiger partial charge in [-0.2, -0.15) is 0 Å². The van der Waals surface area contributed by atoms with Crippen LogP contribution in [0.2, 0.25) is 0 Å². The third-order valence-electron chi connectivity index (χ3n) is 3.12. The number of aliphatic hydroxyl groups excluding tert-OH is 2. The molecule has 1 aromatic rings. The number of ether oxygens (including phenoxy) is 1. The van der Waals surface area contributed by atoms with Crippen molar-refractivity contribution in [1.82, 2.24) is 5.32 Å². The number of hydrogen-bond acceptors (Lipinski definition) is 4. The number of hydrogen-bond donors (Lipinski definition) is 3. The summed E-state index contributed by atoms with van der Waals surface area (Å²) >= 11 is 0. The highest BCUT2D eigenvalue weighted by molar-refractivity contribution is 5.22. The Bertz CT molecular complexity index is 370. The Morgan fingerprint density at radius 3 is 2.45 bits per heavy atom. The van der Waals surface area contributed by atoms with Gasteiger partial charge < -0.3 is 20.3 Å². The lowest BCUT2D eigenvalue weighted by atomic mass is 10.0. The smallest absolute Gasteiger partial charge is 0.123 e. The van der Waals surface area contributed by atoms with E-state index in [1.807, 2.05) is 0 Å². The lowest BCUT2D eigenvalue weighted by molar-refractivity contribution is 0.0995. The van der Waals surface area contributed by atoms with Crippen LogP contribution in [0.4, 0.5) is 4.39 Å². The highest BCUT2D eigenvalue weighted by Gasteiger charge is 2.14. The fraction of sp³-hybridized carbons (Fsp3) is 0.600. The number of rotatable bonds is 9. The second-order valence-corrected chi connectivity index (χ2v) is 5.19. The number of halogens is 1. The Kier molecular flexibility index (Phi) is 7.51. The van der Waals surface area contributed by atoms with Gasteiger partial charge in [-0.05, 0) is 36.6 Å². The second-order valence-electron chi connectivity index (χ2n) is 5.19. The zero-order valence-corrected chi connectivity index (χ0v) is 12.1. The van der Waals surface area contributed by atoms with Crippen LogP contribution in [0.25, 0.3) is 0 Å². The molecular weight excluding hydrogens is 261 g/mol. The molecule has 0 saturated heterocycles. The topological polar surface area (TPSA) is 61.7 Å². The van der Waals surface area contributed by atoms with Crippen LogP contribution < -0.4 is 10.1 Å². The van der Waals surface area contributed by atoms with Crippen molar-refractivity contribution < 1.29 is 19.3 Å². The summed E-state index contributed by atoms with van der Waals surface area (Å²) in [7, 11) is 0. The largest absolute Gasteiger partial charge is 0.491 e. The van der Waals surface area contributed by atoms with Crippen molar-refractivity contribution in [2.24, 2.45) is 5.92 Å². The molecule has 0 aliphatic rings. The highest BCUT2D eigenvalue weighted by atomic mass is 19.1. The zero-order chi connectivity index (χ0) is 15.0. The Labute approximate surface area is 119 Å². The number of aliphatic hydroxyl groups is 2. The molecule has 2 unspecified atom stereocenters. The molecule has 0 heterocycles. The molecule has 0 amide bonds. The Morgan fingerprint density at radius 1 is 1.25 bits per heavy atom. The minimum Gasteiger partial charge on any atom is -0.491 e. The van der Waals surface area contributed by atoms with E-state index in [0.717, 1.165) is 0 Å². The van der Waals surface area contributed by atoms with Gasteiger partial charge in [-0.15, -0.1) is 0 Å². The molecule has 0 spiro atoms. The Morgan fingerprint density at radius 2 is 1.90 bits per heavy atom. The third kappa shape index (κ3) is 6.32. The minimum absolute atomic E-state index is 0.123. The van der Waals surface area contributed by atoms with Crippen molar-refractivity contribution in [3.05, 3.63) is 30.1 Å². The van der Waals surface area contributed by atoms with E-state index in [1.165, 1.54) is 24.3 Å². The first kappa shape index (κ1) is 16.9. The zero-order valence-electron chi connectivity index (χ0n) is 12.1. The van der Waals surface area contributed by atoms with Crippen LogP contribution in [0.1, 0.15) is 20.3 Å². The predicted molar refractivity (Wildman–Crippen MR) is 76.2 cm³/mol. The van der Waals surface area contributed by atoms with Gasteiger partial charge in [0.2, 0.25) is 0 Å². The van der Waals surface area contributed by atoms with Crippen LogP contribution in [-0.4, -0.2) is 42.1 Å². The average molecular weight is 285 g/mol. The number of nitrogens with one attached hydrogen (secondary N) is 1. The Balaban J connectivity index is 2.28. The van der Waals surface area contributed by atoms with Crippen molar-refractivity contribution in [2.45, 2.75) is 32.4 Å². The van der Waals surface area contributed by atoms with Gasteiger partial charge in [-0.3, -0.25) is 0 Å². The first-order valence-corrected chi connectivity index (χ1v) is 6.93. The van der Waals surface area contributed by atoms with Crippen molar-refractivity contribution in [3.63, 3.8) is 0 Å². The molecule has 0 aliphatic carbocycles. The van der Waals surface area contributed by atoms with E-state index in [1.54, 1.807) is 0 Å². The molecular formula is C15H24FNO3. The summed E-state index contributed by atoms with van der Waals surface area (Å²) < 4.78 is 18.1. The van der Waals surface area contributed by atoms with E-state index >= 15 is 0 Å². The standard InChI is InChI=1S/C15H24FNO3/c1-11(2)15(7-8-18)17-9-13(19)10-20-14-5-3-12(16)4-6-14/h3-6,11,13,15,17-19H,7-10H2,1-2H3. The van der Waals surface area contributed by atoms with Crippen molar-refractivity contribution in [2.75, 3.05) is 19.8 Å². The summed E-state index contributed by atoms with van der Waals surface area (Å²) in [6.07, 6.45) is 0.00318. The maximum absolute atomic E-state index is 12.7. The first-order chi connectivity index (χ1) is 9.52. The normalized spacial score (nSPS) is 14.3. The van der Waals surface area contributed by atoms with E-state index < -0.39 is 6.10 Å². The summed E-state index contributed by atoms with van der Waals surface area (Å²) in [4.78, 5) is 0. The molecule has 0 radical (unpaired) electrons. The molecule has 0 bridgehead atoms. The van der Waals surface area contributed by atoms with E-state index in [2.05, 4.69) is 19.2 Å². The maximum Gasteiger partial charge on any atom is 0.123 e. The summed E-state index contributed by atoms with van der Waals surface area (Å²) in [5.74, 6) is 0.594. The van der Waals surface area contributed by atoms with Gasteiger partial charge in [-0.1, -0.05) is 13.8 Å². The fourth-order valence-electron chi connectivity index (χ4n) is 1.88. The summed E-state index contributed by atoms with van der Waals surface area (Å²) in [5, 5.41) is 22.0. The van der Waals surface area contributed by atoms with Crippen LogP contribution in [0.5, 0.6) is 5.75 Å². The van der Waals surface area contributed by atoms with Gasteiger partial charge in [0, 0.05) is 19.2 Å². The molecule has 3 N–H and O–H groups in total. The SMILES string of the molecule is CC(C)C(CCO)NCC(O)COc1ccc(F)cc1. The molecule has 2 atom stereocenters. The van der Waals surface area contributed by atoms with Crippen molar-refractivity contribution in [1.29, 1.82) is 0 Å². The monoisotopic (exact) mass is 285 g/mol. The van der Waals surface area contributed by atoms with E-state index in [-0.39, 0.29) is 25.1 Å². The van der Waals surface area contributed by atoms with Gasteiger partial charge in [0.25, 0.3) is 0 Å². The molecule has 5 heteroatoms. The second kappa shape index (κ2) is 8.89. The first-order valence-electron chi connectivity index (χ1n) is 6.93. The molecule has 4 nitrogen and oxygen atoms in total. The predicted octanol–water partition coefficient (Wildman–Crippen LogP) is 1.56. The van der Waals surface area contributed by atoms with Crippen LogP contribution in [0, 0.1) is 11.7 Å². The molecule has 1 aromatic carbocycles. The van der Waals surface area contributed by atoms with E-state index in [4.69, 9.17) is 9.84 Å². The lowest BCUT2D eigenvalue weighted by Crippen LogP contribution is -2.41. The van der Waals surface area contributed by atoms with Gasteiger partial charge in [-0.25, -0.2) is 4.39 Å². The molecule has 1 rings (SSSR count). The summed E-state index contributed by atoms with van der Waals surface area (Å²) in [6.45, 7) is 4.79. The van der Waals surface area contributed by atoms with Crippen molar-refractivity contribution in [3.8, 4) is 5.75 Å².